The van der Waals surface area contributed by atoms with Gasteiger partial charge in [-0.2, -0.15) is 0 Å². The Morgan fingerprint density at radius 2 is 2.04 bits per heavy atom. The molecule has 1 saturated carbocycles. The van der Waals surface area contributed by atoms with Gasteiger partial charge < -0.3 is 26.0 Å². The number of carboxylic acids is 1. The molecule has 0 spiro atoms. The summed E-state index contributed by atoms with van der Waals surface area (Å²) in [4.78, 5) is 36.7. The van der Waals surface area contributed by atoms with Crippen LogP contribution in [0.5, 0.6) is 0 Å². The van der Waals surface area contributed by atoms with Crippen LogP contribution < -0.4 is 16.4 Å². The highest BCUT2D eigenvalue weighted by atomic mass is 16.4. The van der Waals surface area contributed by atoms with Gasteiger partial charge in [0, 0.05) is 18.8 Å². The molecule has 1 aliphatic carbocycles. The lowest BCUT2D eigenvalue weighted by atomic mass is 10.0. The highest BCUT2D eigenvalue weighted by Gasteiger charge is 2.35. The molecule has 8 heteroatoms. The maximum atomic E-state index is 12.7. The van der Waals surface area contributed by atoms with Crippen LogP contribution in [0, 0.1) is 19.8 Å². The monoisotopic (exact) mass is 378 g/mol. The fraction of sp³-hybridized carbons (Fsp3) is 0.632. The zero-order chi connectivity index (χ0) is 20.1. The predicted molar refractivity (Wildman–Crippen MR) is 101 cm³/mol. The fourth-order valence-electron chi connectivity index (χ4n) is 3.60. The Hall–Kier alpha value is -2.35. The van der Waals surface area contributed by atoms with E-state index in [2.05, 4.69) is 10.6 Å². The van der Waals surface area contributed by atoms with Crippen LogP contribution in [-0.4, -0.2) is 46.1 Å². The molecule has 2 amide bonds. The molecule has 1 fully saturated rings. The van der Waals surface area contributed by atoms with Gasteiger partial charge in [0.2, 0.25) is 5.91 Å². The number of aryl methyl sites for hydroxylation is 1. The number of hydrogen-bond acceptors (Lipinski definition) is 4. The fourth-order valence-corrected chi connectivity index (χ4v) is 3.60. The standard InChI is InChI=1S/C19H30N4O4/c1-11-10-16(23(3)12(11)2)18(25)22-15(8-5-9-20)17(24)21-14-7-4-6-13(14)19(26)27/h10,13-15H,4-9,20H2,1-3H3,(H,21,24)(H,22,25)(H,26,27). The number of aliphatic carboxylic acids is 1. The average molecular weight is 378 g/mol. The number of carbonyl (C=O) groups excluding carboxylic acids is 2. The van der Waals surface area contributed by atoms with Gasteiger partial charge in [-0.1, -0.05) is 6.42 Å². The lowest BCUT2D eigenvalue weighted by Crippen LogP contribution is -2.51. The second-order valence-electron chi connectivity index (χ2n) is 7.30. The van der Waals surface area contributed by atoms with E-state index in [1.54, 1.807) is 10.6 Å². The van der Waals surface area contributed by atoms with E-state index in [1.807, 2.05) is 20.9 Å². The van der Waals surface area contributed by atoms with Gasteiger partial charge in [-0.3, -0.25) is 14.4 Å². The third kappa shape index (κ3) is 4.88. The number of nitrogens with one attached hydrogen (secondary N) is 2. The smallest absolute Gasteiger partial charge is 0.308 e. The number of rotatable bonds is 8. The van der Waals surface area contributed by atoms with E-state index in [0.717, 1.165) is 17.7 Å². The van der Waals surface area contributed by atoms with Crippen molar-refractivity contribution in [2.75, 3.05) is 6.54 Å². The molecule has 0 aromatic carbocycles. The van der Waals surface area contributed by atoms with Crippen LogP contribution in [-0.2, 0) is 16.6 Å². The SMILES string of the molecule is Cc1cc(C(=O)NC(CCCN)C(=O)NC2CCCC2C(=O)O)n(C)c1C. The van der Waals surface area contributed by atoms with Crippen LogP contribution in [0.4, 0.5) is 0 Å². The Morgan fingerprint density at radius 1 is 1.33 bits per heavy atom. The third-order valence-corrected chi connectivity index (χ3v) is 5.50. The highest BCUT2D eigenvalue weighted by molar-refractivity contribution is 5.97. The lowest BCUT2D eigenvalue weighted by molar-refractivity contribution is -0.142. The summed E-state index contributed by atoms with van der Waals surface area (Å²) in [6, 6.07) is 0.651. The van der Waals surface area contributed by atoms with Crippen molar-refractivity contribution >= 4 is 17.8 Å². The molecular weight excluding hydrogens is 348 g/mol. The van der Waals surface area contributed by atoms with E-state index in [0.29, 0.717) is 37.9 Å². The van der Waals surface area contributed by atoms with E-state index in [-0.39, 0.29) is 11.8 Å². The number of aromatic nitrogens is 1. The number of nitrogens with zero attached hydrogens (tertiary/aromatic N) is 1. The number of carbonyl (C=O) groups is 3. The maximum Gasteiger partial charge on any atom is 0.308 e. The Kier molecular flexibility index (Phi) is 7.01. The van der Waals surface area contributed by atoms with Crippen molar-refractivity contribution in [3.8, 4) is 0 Å². The van der Waals surface area contributed by atoms with Gasteiger partial charge >= 0.3 is 5.97 Å². The van der Waals surface area contributed by atoms with Crippen LogP contribution in [0.25, 0.3) is 0 Å². The molecule has 0 aliphatic heterocycles. The minimum Gasteiger partial charge on any atom is -0.481 e. The van der Waals surface area contributed by atoms with Crippen molar-refractivity contribution in [2.45, 2.75) is 58.0 Å². The minimum absolute atomic E-state index is 0.327. The molecular formula is C19H30N4O4. The summed E-state index contributed by atoms with van der Waals surface area (Å²) >= 11 is 0. The molecule has 150 valence electrons. The molecule has 1 heterocycles. The van der Waals surface area contributed by atoms with Crippen LogP contribution >= 0.6 is 0 Å². The van der Waals surface area contributed by atoms with E-state index in [9.17, 15) is 19.5 Å². The van der Waals surface area contributed by atoms with Crippen molar-refractivity contribution < 1.29 is 19.5 Å². The van der Waals surface area contributed by atoms with Crippen LogP contribution in [0.15, 0.2) is 6.07 Å². The quantitative estimate of drug-likeness (QED) is 0.533. The van der Waals surface area contributed by atoms with E-state index >= 15 is 0 Å². The van der Waals surface area contributed by atoms with Crippen molar-refractivity contribution in [2.24, 2.45) is 18.7 Å². The summed E-state index contributed by atoms with van der Waals surface area (Å²) in [6.07, 6.45) is 2.94. The predicted octanol–water partition coefficient (Wildman–Crippen LogP) is 0.849. The second kappa shape index (κ2) is 9.03. The van der Waals surface area contributed by atoms with Crippen LogP contribution in [0.2, 0.25) is 0 Å². The topological polar surface area (TPSA) is 126 Å². The molecule has 0 bridgehead atoms. The molecule has 0 saturated heterocycles. The first-order valence-electron chi connectivity index (χ1n) is 9.43. The van der Waals surface area contributed by atoms with Gasteiger partial charge in [-0.05, 0) is 57.7 Å². The summed E-state index contributed by atoms with van der Waals surface area (Å²) in [6.45, 7) is 4.26. The highest BCUT2D eigenvalue weighted by Crippen LogP contribution is 2.26. The van der Waals surface area contributed by atoms with Crippen LogP contribution in [0.3, 0.4) is 0 Å². The largest absolute Gasteiger partial charge is 0.481 e. The number of nitrogens with two attached hydrogens (primary N) is 1. The molecule has 1 aromatic heterocycles. The molecule has 3 atom stereocenters. The molecule has 27 heavy (non-hydrogen) atoms. The average Bonchev–Trinajstić information content (AvgIpc) is 3.18. The summed E-state index contributed by atoms with van der Waals surface area (Å²) in [7, 11) is 1.81. The second-order valence-corrected chi connectivity index (χ2v) is 7.30. The van der Waals surface area contributed by atoms with Crippen LogP contribution in [0.1, 0.15) is 53.8 Å². The van der Waals surface area contributed by atoms with Crippen molar-refractivity contribution in [3.05, 3.63) is 23.0 Å². The van der Waals surface area contributed by atoms with Crippen molar-refractivity contribution in [1.29, 1.82) is 0 Å². The maximum absolute atomic E-state index is 12.7. The number of carboxylic acid groups (broad SMARTS) is 1. The Labute approximate surface area is 159 Å². The van der Waals surface area contributed by atoms with E-state index in [1.165, 1.54) is 0 Å². The van der Waals surface area contributed by atoms with Crippen molar-refractivity contribution in [3.63, 3.8) is 0 Å². The first-order valence-corrected chi connectivity index (χ1v) is 9.43. The molecule has 8 nitrogen and oxygen atoms in total. The van der Waals surface area contributed by atoms with E-state index in [4.69, 9.17) is 5.73 Å². The Morgan fingerprint density at radius 3 is 2.59 bits per heavy atom. The van der Waals surface area contributed by atoms with Gasteiger partial charge in [0.25, 0.3) is 5.91 Å². The molecule has 1 aliphatic rings. The minimum atomic E-state index is -0.893. The molecule has 0 radical (unpaired) electrons. The summed E-state index contributed by atoms with van der Waals surface area (Å²) in [5, 5.41) is 14.9. The summed E-state index contributed by atoms with van der Waals surface area (Å²) in [5.74, 6) is -2.14. The first kappa shape index (κ1) is 21.0. The zero-order valence-corrected chi connectivity index (χ0v) is 16.2. The number of hydrogen-bond donors (Lipinski definition) is 4. The molecule has 3 unspecified atom stereocenters. The molecule has 5 N–H and O–H groups in total. The first-order chi connectivity index (χ1) is 12.8. The van der Waals surface area contributed by atoms with Gasteiger partial charge in [0.05, 0.1) is 5.92 Å². The lowest BCUT2D eigenvalue weighted by Gasteiger charge is -2.23. The summed E-state index contributed by atoms with van der Waals surface area (Å²) in [5.41, 5.74) is 8.04. The van der Waals surface area contributed by atoms with Gasteiger partial charge in [-0.25, -0.2) is 0 Å². The summed E-state index contributed by atoms with van der Waals surface area (Å²) < 4.78 is 1.79. The van der Waals surface area contributed by atoms with Gasteiger partial charge in [0.1, 0.15) is 11.7 Å². The van der Waals surface area contributed by atoms with Crippen molar-refractivity contribution in [1.82, 2.24) is 15.2 Å². The van der Waals surface area contributed by atoms with Gasteiger partial charge in [0.15, 0.2) is 0 Å². The normalized spacial score (nSPS) is 20.3. The molecule has 2 rings (SSSR count). The third-order valence-electron chi connectivity index (χ3n) is 5.50. The Bertz CT molecular complexity index is 713. The van der Waals surface area contributed by atoms with E-state index < -0.39 is 24.0 Å². The molecule has 1 aromatic rings. The van der Waals surface area contributed by atoms with Gasteiger partial charge in [-0.15, -0.1) is 0 Å². The zero-order valence-electron chi connectivity index (χ0n) is 16.2. The Balaban J connectivity index is 2.09. The number of amides is 2.